The van der Waals surface area contributed by atoms with Crippen molar-refractivity contribution in [1.29, 1.82) is 0 Å². The summed E-state index contributed by atoms with van der Waals surface area (Å²) in [5, 5.41) is 0. The predicted octanol–water partition coefficient (Wildman–Crippen LogP) is 3.16. The van der Waals surface area contributed by atoms with Gasteiger partial charge in [0.15, 0.2) is 0 Å². The van der Waals surface area contributed by atoms with Crippen molar-refractivity contribution >= 4 is 5.69 Å². The smallest absolute Gasteiger partial charge is 0.125 e. The van der Waals surface area contributed by atoms with E-state index in [1.807, 2.05) is 6.07 Å². The first-order chi connectivity index (χ1) is 7.66. The first kappa shape index (κ1) is 10.1. The van der Waals surface area contributed by atoms with Crippen LogP contribution in [0.1, 0.15) is 13.8 Å². The Hall–Kier alpha value is -1.05. The van der Waals surface area contributed by atoms with Crippen LogP contribution < -0.4 is 4.90 Å². The predicted molar refractivity (Wildman–Crippen MR) is 63.9 cm³/mol. The Morgan fingerprint density at radius 1 is 1.25 bits per heavy atom. The van der Waals surface area contributed by atoms with E-state index in [1.165, 1.54) is 6.07 Å². The van der Waals surface area contributed by atoms with Crippen LogP contribution in [0, 0.1) is 29.5 Å². The fraction of sp³-hybridized carbons (Fsp3) is 0.571. The van der Waals surface area contributed by atoms with Crippen molar-refractivity contribution in [3.8, 4) is 0 Å². The minimum Gasteiger partial charge on any atom is -0.371 e. The number of piperidine rings is 1. The van der Waals surface area contributed by atoms with Crippen molar-refractivity contribution in [1.82, 2.24) is 0 Å². The van der Waals surface area contributed by atoms with Gasteiger partial charge in [-0.05, 0) is 41.9 Å². The van der Waals surface area contributed by atoms with E-state index < -0.39 is 0 Å². The topological polar surface area (TPSA) is 3.24 Å². The fourth-order valence-corrected chi connectivity index (χ4v) is 3.44. The lowest BCUT2D eigenvalue weighted by atomic mass is 10.0. The fourth-order valence-electron chi connectivity index (χ4n) is 3.44. The molecular weight excluding hydrogens is 201 g/mol. The van der Waals surface area contributed by atoms with Crippen molar-refractivity contribution < 1.29 is 4.39 Å². The van der Waals surface area contributed by atoms with Crippen LogP contribution in [0.5, 0.6) is 0 Å². The van der Waals surface area contributed by atoms with E-state index in [0.29, 0.717) is 0 Å². The van der Waals surface area contributed by atoms with Gasteiger partial charge in [-0.1, -0.05) is 19.9 Å². The lowest BCUT2D eigenvalue weighted by Gasteiger charge is -2.22. The summed E-state index contributed by atoms with van der Waals surface area (Å²) in [6.07, 6.45) is 0. The number of halogens is 1. The normalized spacial score (nSPS) is 32.0. The first-order valence-corrected chi connectivity index (χ1v) is 6.17. The van der Waals surface area contributed by atoms with Crippen LogP contribution in [-0.2, 0) is 0 Å². The van der Waals surface area contributed by atoms with Gasteiger partial charge in [-0.3, -0.25) is 0 Å². The number of rotatable bonds is 2. The Bertz CT molecular complexity index is 389. The number of hydrogen-bond acceptors (Lipinski definition) is 1. The molecule has 1 aliphatic heterocycles. The van der Waals surface area contributed by atoms with Gasteiger partial charge in [0.25, 0.3) is 0 Å². The van der Waals surface area contributed by atoms with E-state index in [1.54, 1.807) is 12.1 Å². The zero-order chi connectivity index (χ0) is 11.3. The number of benzene rings is 1. The van der Waals surface area contributed by atoms with Gasteiger partial charge in [0.05, 0.1) is 0 Å². The van der Waals surface area contributed by atoms with Crippen molar-refractivity contribution in [3.63, 3.8) is 0 Å². The summed E-state index contributed by atoms with van der Waals surface area (Å²) >= 11 is 0. The summed E-state index contributed by atoms with van der Waals surface area (Å²) in [5.41, 5.74) is 1.05. The minimum absolute atomic E-state index is 0.126. The van der Waals surface area contributed by atoms with Gasteiger partial charge < -0.3 is 4.90 Å². The Labute approximate surface area is 96.3 Å². The lowest BCUT2D eigenvalue weighted by molar-refractivity contribution is 0.479. The molecule has 0 aromatic heterocycles. The van der Waals surface area contributed by atoms with Gasteiger partial charge in [-0.25, -0.2) is 4.39 Å². The van der Waals surface area contributed by atoms with Crippen LogP contribution in [0.15, 0.2) is 24.3 Å². The summed E-state index contributed by atoms with van der Waals surface area (Å²) in [6, 6.07) is 6.97. The van der Waals surface area contributed by atoms with Gasteiger partial charge in [0.1, 0.15) is 5.82 Å². The molecule has 1 heterocycles. The molecule has 86 valence electrons. The molecule has 2 fully saturated rings. The molecule has 0 spiro atoms. The van der Waals surface area contributed by atoms with Crippen molar-refractivity contribution in [2.75, 3.05) is 18.0 Å². The molecule has 1 aromatic carbocycles. The van der Waals surface area contributed by atoms with Gasteiger partial charge in [-0.15, -0.1) is 0 Å². The molecule has 1 saturated carbocycles. The molecule has 1 nitrogen and oxygen atoms in total. The second-order valence-electron chi connectivity index (χ2n) is 5.53. The van der Waals surface area contributed by atoms with Gasteiger partial charge in [0.2, 0.25) is 0 Å². The molecule has 1 aromatic rings. The molecule has 2 heteroatoms. The quantitative estimate of drug-likeness (QED) is 0.738. The zero-order valence-corrected chi connectivity index (χ0v) is 9.86. The van der Waals surface area contributed by atoms with Gasteiger partial charge in [0, 0.05) is 18.8 Å². The molecule has 16 heavy (non-hydrogen) atoms. The van der Waals surface area contributed by atoms with Crippen molar-refractivity contribution in [2.45, 2.75) is 13.8 Å². The Kier molecular flexibility index (Phi) is 2.20. The summed E-state index contributed by atoms with van der Waals surface area (Å²) in [4.78, 5) is 2.33. The molecule has 0 N–H and O–H groups in total. The highest BCUT2D eigenvalue weighted by atomic mass is 19.1. The number of nitrogens with zero attached hydrogens (tertiary/aromatic N) is 1. The van der Waals surface area contributed by atoms with Gasteiger partial charge >= 0.3 is 0 Å². The van der Waals surface area contributed by atoms with E-state index in [0.717, 1.165) is 42.4 Å². The van der Waals surface area contributed by atoms with E-state index in [9.17, 15) is 4.39 Å². The highest BCUT2D eigenvalue weighted by molar-refractivity contribution is 5.49. The minimum atomic E-state index is -0.126. The van der Waals surface area contributed by atoms with Crippen LogP contribution in [0.2, 0.25) is 0 Å². The molecule has 2 aliphatic rings. The van der Waals surface area contributed by atoms with Gasteiger partial charge in [-0.2, -0.15) is 0 Å². The first-order valence-electron chi connectivity index (χ1n) is 6.17. The van der Waals surface area contributed by atoms with Crippen LogP contribution in [0.3, 0.4) is 0 Å². The summed E-state index contributed by atoms with van der Waals surface area (Å²) in [7, 11) is 0. The van der Waals surface area contributed by atoms with E-state index in [-0.39, 0.29) is 5.82 Å². The number of anilines is 1. The molecule has 1 aliphatic carbocycles. The van der Waals surface area contributed by atoms with E-state index >= 15 is 0 Å². The maximum Gasteiger partial charge on any atom is 0.125 e. The second kappa shape index (κ2) is 3.47. The Morgan fingerprint density at radius 3 is 2.50 bits per heavy atom. The maximum absolute atomic E-state index is 13.1. The standard InChI is InChI=1S/C14H18FN/c1-9(2)14-12-7-16(8-13(12)14)11-5-3-4-10(15)6-11/h3-6,9,12-14H,7-8H2,1-2H3. The monoisotopic (exact) mass is 219 g/mol. The third kappa shape index (κ3) is 1.51. The third-order valence-corrected chi connectivity index (χ3v) is 4.20. The summed E-state index contributed by atoms with van der Waals surface area (Å²) in [6.45, 7) is 6.87. The molecule has 3 rings (SSSR count). The molecule has 1 saturated heterocycles. The van der Waals surface area contributed by atoms with Crippen LogP contribution in [-0.4, -0.2) is 13.1 Å². The van der Waals surface area contributed by atoms with Crippen molar-refractivity contribution in [2.24, 2.45) is 23.7 Å². The average molecular weight is 219 g/mol. The lowest BCUT2D eigenvalue weighted by Crippen LogP contribution is -2.25. The van der Waals surface area contributed by atoms with Crippen molar-refractivity contribution in [3.05, 3.63) is 30.1 Å². The molecule has 2 atom stereocenters. The van der Waals surface area contributed by atoms with E-state index in [4.69, 9.17) is 0 Å². The number of fused-ring (bicyclic) bond motifs is 1. The van der Waals surface area contributed by atoms with E-state index in [2.05, 4.69) is 18.7 Å². The zero-order valence-electron chi connectivity index (χ0n) is 9.86. The SMILES string of the molecule is CC(C)C1C2CN(c3cccc(F)c3)CC21. The maximum atomic E-state index is 13.1. The molecule has 0 bridgehead atoms. The summed E-state index contributed by atoms with van der Waals surface area (Å²) in [5.74, 6) is 3.33. The van der Waals surface area contributed by atoms with Crippen LogP contribution >= 0.6 is 0 Å². The largest absolute Gasteiger partial charge is 0.371 e. The number of hydrogen-bond donors (Lipinski definition) is 0. The van der Waals surface area contributed by atoms with Crippen LogP contribution in [0.25, 0.3) is 0 Å². The average Bonchev–Trinajstić information content (AvgIpc) is 2.75. The second-order valence-corrected chi connectivity index (χ2v) is 5.53. The third-order valence-electron chi connectivity index (χ3n) is 4.20. The van der Waals surface area contributed by atoms with Crippen LogP contribution in [0.4, 0.5) is 10.1 Å². The molecule has 2 unspecified atom stereocenters. The Morgan fingerprint density at radius 2 is 1.94 bits per heavy atom. The Balaban J connectivity index is 1.69. The molecule has 0 radical (unpaired) electrons. The summed E-state index contributed by atoms with van der Waals surface area (Å²) < 4.78 is 13.1. The molecule has 0 amide bonds. The molecular formula is C14H18FN. The highest BCUT2D eigenvalue weighted by Gasteiger charge is 2.56. The highest BCUT2D eigenvalue weighted by Crippen LogP contribution is 2.55.